The first-order chi connectivity index (χ1) is 9.81. The molecule has 0 bridgehead atoms. The van der Waals surface area contributed by atoms with Crippen molar-refractivity contribution in [3.8, 4) is 0 Å². The lowest BCUT2D eigenvalue weighted by Crippen LogP contribution is -2.18. The Bertz CT molecular complexity index is 437. The van der Waals surface area contributed by atoms with Crippen molar-refractivity contribution in [2.75, 3.05) is 0 Å². The van der Waals surface area contributed by atoms with Crippen molar-refractivity contribution in [2.24, 2.45) is 17.8 Å². The molecule has 1 nitrogen and oxygen atoms in total. The molecule has 0 aromatic rings. The van der Waals surface area contributed by atoms with Gasteiger partial charge >= 0.3 is 0 Å². The lowest BCUT2D eigenvalue weighted by atomic mass is 9.84. The van der Waals surface area contributed by atoms with E-state index in [9.17, 15) is 4.79 Å². The molecule has 1 aliphatic rings. The van der Waals surface area contributed by atoms with Crippen LogP contribution in [0.25, 0.3) is 0 Å². The molecular formula is C20H32O. The molecule has 1 heteroatoms. The number of hydrogen-bond donors (Lipinski definition) is 0. The van der Waals surface area contributed by atoms with E-state index in [1.54, 1.807) is 0 Å². The summed E-state index contributed by atoms with van der Waals surface area (Å²) in [6.45, 7) is 14.9. The van der Waals surface area contributed by atoms with Crippen LogP contribution in [0.3, 0.4) is 0 Å². The highest BCUT2D eigenvalue weighted by molar-refractivity contribution is 5.85. The Morgan fingerprint density at radius 2 is 2.00 bits per heavy atom. The molecule has 118 valence electrons. The molecule has 2 atom stereocenters. The van der Waals surface area contributed by atoms with Gasteiger partial charge in [-0.2, -0.15) is 0 Å². The lowest BCUT2D eigenvalue weighted by molar-refractivity contribution is -0.121. The second-order valence-corrected chi connectivity index (χ2v) is 7.12. The van der Waals surface area contributed by atoms with Crippen LogP contribution in [0.15, 0.2) is 35.5 Å². The van der Waals surface area contributed by atoms with Gasteiger partial charge in [0.25, 0.3) is 0 Å². The van der Waals surface area contributed by atoms with Gasteiger partial charge in [-0.25, -0.2) is 0 Å². The van der Waals surface area contributed by atoms with Gasteiger partial charge in [-0.05, 0) is 51.4 Å². The minimum Gasteiger partial charge on any atom is -0.299 e. The molecule has 1 aliphatic carbocycles. The molecule has 21 heavy (non-hydrogen) atoms. The third-order valence-corrected chi connectivity index (χ3v) is 4.51. The molecule has 0 N–H and O–H groups in total. The number of allylic oxidation sites excluding steroid dienone is 5. The second-order valence-electron chi connectivity index (χ2n) is 7.12. The van der Waals surface area contributed by atoms with E-state index in [1.807, 2.05) is 6.92 Å². The van der Waals surface area contributed by atoms with E-state index in [0.717, 1.165) is 31.3 Å². The lowest BCUT2D eigenvalue weighted by Gasteiger charge is -2.20. The van der Waals surface area contributed by atoms with E-state index in [2.05, 4.69) is 46.4 Å². The Morgan fingerprint density at radius 1 is 1.33 bits per heavy atom. The molecule has 1 rings (SSSR count). The highest BCUT2D eigenvalue weighted by Gasteiger charge is 2.21. The molecule has 0 radical (unpaired) electrons. The zero-order valence-electron chi connectivity index (χ0n) is 14.5. The van der Waals surface area contributed by atoms with E-state index in [-0.39, 0.29) is 5.92 Å². The Morgan fingerprint density at radius 3 is 2.57 bits per heavy atom. The summed E-state index contributed by atoms with van der Waals surface area (Å²) in [5.41, 5.74) is 3.86. The molecule has 0 aromatic heterocycles. The maximum Gasteiger partial charge on any atom is 0.144 e. The maximum absolute atomic E-state index is 12.6. The predicted octanol–water partition coefficient (Wildman–Crippen LogP) is 5.88. The molecule has 0 heterocycles. The number of Topliss-reactive ketones (excluding diaryl/α,β-unsaturated/α-hetero) is 1. The van der Waals surface area contributed by atoms with E-state index in [1.165, 1.54) is 11.1 Å². The molecule has 0 fully saturated rings. The van der Waals surface area contributed by atoms with E-state index >= 15 is 0 Å². The van der Waals surface area contributed by atoms with E-state index in [0.29, 0.717) is 24.0 Å². The average molecular weight is 288 g/mol. The summed E-state index contributed by atoms with van der Waals surface area (Å²) >= 11 is 0. The van der Waals surface area contributed by atoms with Gasteiger partial charge in [0, 0.05) is 6.42 Å². The summed E-state index contributed by atoms with van der Waals surface area (Å²) in [4.78, 5) is 12.6. The van der Waals surface area contributed by atoms with Crippen LogP contribution < -0.4 is 0 Å². The Labute approximate surface area is 131 Å². The van der Waals surface area contributed by atoms with Crippen molar-refractivity contribution in [3.05, 3.63) is 35.5 Å². The average Bonchev–Trinajstić information content (AvgIpc) is 2.36. The summed E-state index contributed by atoms with van der Waals surface area (Å²) in [6.07, 6.45) is 9.60. The van der Waals surface area contributed by atoms with Crippen molar-refractivity contribution >= 4 is 5.78 Å². The van der Waals surface area contributed by atoms with Crippen LogP contribution in [0.5, 0.6) is 0 Å². The summed E-state index contributed by atoms with van der Waals surface area (Å²) in [6, 6.07) is 0. The van der Waals surface area contributed by atoms with Gasteiger partial charge in [0.2, 0.25) is 0 Å². The van der Waals surface area contributed by atoms with Crippen molar-refractivity contribution in [1.29, 1.82) is 0 Å². The standard InChI is InChI=1S/C20H32O/c1-14(2)18-11-10-16(5)8-7-9-17(6)12-20(21)19(13-18)15(3)4/h8,13-14,17,19H,3,7,9-12H2,1-2,4-6H3/b16-8+,18-13-/t17-,19+/m1/s1. The first kappa shape index (κ1) is 17.9. The third kappa shape index (κ3) is 6.03. The summed E-state index contributed by atoms with van der Waals surface area (Å²) < 4.78 is 0. The Balaban J connectivity index is 3.08. The first-order valence-corrected chi connectivity index (χ1v) is 8.35. The molecule has 0 aromatic carbocycles. The van der Waals surface area contributed by atoms with Crippen LogP contribution in [0.1, 0.15) is 66.7 Å². The fraction of sp³-hybridized carbons (Fsp3) is 0.650. The van der Waals surface area contributed by atoms with Crippen LogP contribution in [0.2, 0.25) is 0 Å². The van der Waals surface area contributed by atoms with E-state index in [4.69, 9.17) is 0 Å². The minimum atomic E-state index is -0.0893. The summed E-state index contributed by atoms with van der Waals surface area (Å²) in [5.74, 6) is 1.20. The van der Waals surface area contributed by atoms with Crippen LogP contribution >= 0.6 is 0 Å². The van der Waals surface area contributed by atoms with Gasteiger partial charge in [0.15, 0.2) is 0 Å². The molecule has 0 spiro atoms. The second kappa shape index (κ2) is 8.36. The minimum absolute atomic E-state index is 0.0893. The maximum atomic E-state index is 12.6. The molecule has 0 amide bonds. The van der Waals surface area contributed by atoms with E-state index < -0.39 is 0 Å². The number of rotatable bonds is 2. The Hall–Kier alpha value is -1.11. The van der Waals surface area contributed by atoms with Gasteiger partial charge < -0.3 is 0 Å². The molecule has 0 aliphatic heterocycles. The summed E-state index contributed by atoms with van der Waals surface area (Å²) in [5, 5.41) is 0. The van der Waals surface area contributed by atoms with Crippen molar-refractivity contribution < 1.29 is 4.79 Å². The highest BCUT2D eigenvalue weighted by atomic mass is 16.1. The molecule has 0 unspecified atom stereocenters. The monoisotopic (exact) mass is 288 g/mol. The van der Waals surface area contributed by atoms with Crippen molar-refractivity contribution in [2.45, 2.75) is 66.7 Å². The van der Waals surface area contributed by atoms with Gasteiger partial charge in [0.05, 0.1) is 5.92 Å². The van der Waals surface area contributed by atoms with Crippen LogP contribution in [0, 0.1) is 17.8 Å². The molecule has 0 saturated heterocycles. The Kier molecular flexibility index (Phi) is 7.14. The fourth-order valence-corrected chi connectivity index (χ4v) is 2.92. The highest BCUT2D eigenvalue weighted by Crippen LogP contribution is 2.27. The van der Waals surface area contributed by atoms with Gasteiger partial charge in [-0.3, -0.25) is 4.79 Å². The number of ketones is 1. The molecule has 0 saturated carbocycles. The summed E-state index contributed by atoms with van der Waals surface area (Å²) in [7, 11) is 0. The predicted molar refractivity (Wildman–Crippen MR) is 92.2 cm³/mol. The third-order valence-electron chi connectivity index (χ3n) is 4.51. The number of hydrogen-bond acceptors (Lipinski definition) is 1. The van der Waals surface area contributed by atoms with Crippen LogP contribution in [0.4, 0.5) is 0 Å². The fourth-order valence-electron chi connectivity index (χ4n) is 2.92. The normalized spacial score (nSPS) is 30.7. The van der Waals surface area contributed by atoms with Crippen LogP contribution in [-0.4, -0.2) is 5.78 Å². The van der Waals surface area contributed by atoms with Gasteiger partial charge in [-0.15, -0.1) is 0 Å². The zero-order chi connectivity index (χ0) is 16.0. The SMILES string of the molecule is C=C(C)[C@@H]1/C=C(\C(C)C)CC/C(C)=C/CC[C@@H](C)CC1=O. The van der Waals surface area contributed by atoms with Crippen molar-refractivity contribution in [1.82, 2.24) is 0 Å². The van der Waals surface area contributed by atoms with Gasteiger partial charge in [0.1, 0.15) is 5.78 Å². The topological polar surface area (TPSA) is 17.1 Å². The van der Waals surface area contributed by atoms with Crippen LogP contribution in [-0.2, 0) is 4.79 Å². The number of carbonyl (C=O) groups is 1. The number of carbonyl (C=O) groups excluding carboxylic acids is 1. The zero-order valence-corrected chi connectivity index (χ0v) is 14.5. The first-order valence-electron chi connectivity index (χ1n) is 8.35. The van der Waals surface area contributed by atoms with Crippen molar-refractivity contribution in [3.63, 3.8) is 0 Å². The quantitative estimate of drug-likeness (QED) is 0.580. The largest absolute Gasteiger partial charge is 0.299 e. The van der Waals surface area contributed by atoms with Gasteiger partial charge in [-0.1, -0.05) is 56.2 Å². The molecular weight excluding hydrogens is 256 g/mol. The smallest absolute Gasteiger partial charge is 0.144 e.